The van der Waals surface area contributed by atoms with E-state index in [2.05, 4.69) is 17.5 Å². The summed E-state index contributed by atoms with van der Waals surface area (Å²) in [6.07, 6.45) is 10.5. The van der Waals surface area contributed by atoms with Crippen LogP contribution in [-0.2, 0) is 4.79 Å². The molecule has 2 aliphatic carbocycles. The van der Waals surface area contributed by atoms with Crippen LogP contribution in [0.5, 0.6) is 0 Å². The number of fused-ring (bicyclic) bond motifs is 2. The molecule has 3 unspecified atom stereocenters. The summed E-state index contributed by atoms with van der Waals surface area (Å²) in [5, 5.41) is 2.98. The third-order valence-electron chi connectivity index (χ3n) is 5.44. The summed E-state index contributed by atoms with van der Waals surface area (Å²) in [7, 11) is 0. The van der Waals surface area contributed by atoms with Crippen molar-refractivity contribution in [2.24, 2.45) is 17.8 Å². The van der Waals surface area contributed by atoms with Crippen LogP contribution in [0.4, 0.5) is 5.69 Å². The van der Waals surface area contributed by atoms with Crippen molar-refractivity contribution in [2.45, 2.75) is 38.5 Å². The Hall–Kier alpha value is -1.57. The summed E-state index contributed by atoms with van der Waals surface area (Å²) >= 11 is 0. The molecule has 0 bridgehead atoms. The largest absolute Gasteiger partial charge is 0.321 e. The molecule has 1 heterocycles. The second-order valence-corrected chi connectivity index (χ2v) is 6.60. The lowest BCUT2D eigenvalue weighted by atomic mass is 9.75. The van der Waals surface area contributed by atoms with Crippen LogP contribution in [0.3, 0.4) is 0 Å². The molecule has 0 saturated heterocycles. The fraction of sp³-hybridized carbons (Fsp3) is 0.500. The lowest BCUT2D eigenvalue weighted by Crippen LogP contribution is -2.20. The average molecular weight is 267 g/mol. The third kappa shape index (κ3) is 1.98. The molecule has 1 aromatic rings. The standard InChI is InChI=1S/C18H21NO/c20-18-16(15-6-1-2-7-17(15)19-18)11-12-8-9-13-4-3-5-14(13)10-12/h1-2,6-7,11-14H,3-5,8-10H2,(H,19,20)/b16-11+. The number of nitrogens with one attached hydrogen (secondary N) is 1. The number of anilines is 1. The molecule has 1 aromatic carbocycles. The molecule has 0 radical (unpaired) electrons. The van der Waals surface area contributed by atoms with Gasteiger partial charge in [-0.05, 0) is 43.1 Å². The van der Waals surface area contributed by atoms with Crippen LogP contribution >= 0.6 is 0 Å². The van der Waals surface area contributed by atoms with E-state index in [-0.39, 0.29) is 5.91 Å². The van der Waals surface area contributed by atoms with Gasteiger partial charge in [-0.25, -0.2) is 0 Å². The number of hydrogen-bond acceptors (Lipinski definition) is 1. The van der Waals surface area contributed by atoms with Gasteiger partial charge in [0, 0.05) is 16.8 Å². The summed E-state index contributed by atoms with van der Waals surface area (Å²) in [5.41, 5.74) is 2.96. The van der Waals surface area contributed by atoms with E-state index in [1.165, 1.54) is 38.5 Å². The van der Waals surface area contributed by atoms with Crippen molar-refractivity contribution < 1.29 is 4.79 Å². The second kappa shape index (κ2) is 4.76. The fourth-order valence-electron chi connectivity index (χ4n) is 4.43. The first-order valence-corrected chi connectivity index (χ1v) is 7.94. The second-order valence-electron chi connectivity index (χ2n) is 6.60. The summed E-state index contributed by atoms with van der Waals surface area (Å²) in [4.78, 5) is 12.2. The van der Waals surface area contributed by atoms with E-state index in [1.807, 2.05) is 18.2 Å². The maximum absolute atomic E-state index is 12.2. The smallest absolute Gasteiger partial charge is 0.256 e. The van der Waals surface area contributed by atoms with Crippen LogP contribution in [0, 0.1) is 17.8 Å². The molecule has 3 atom stereocenters. The molecule has 2 fully saturated rings. The predicted molar refractivity (Wildman–Crippen MR) is 81.2 cm³/mol. The highest BCUT2D eigenvalue weighted by molar-refractivity contribution is 6.31. The summed E-state index contributed by atoms with van der Waals surface area (Å²) in [5.74, 6) is 2.58. The Morgan fingerprint density at radius 1 is 1.05 bits per heavy atom. The van der Waals surface area contributed by atoms with Crippen molar-refractivity contribution in [1.82, 2.24) is 0 Å². The molecule has 0 aromatic heterocycles. The first-order valence-electron chi connectivity index (χ1n) is 7.94. The van der Waals surface area contributed by atoms with Crippen LogP contribution < -0.4 is 5.32 Å². The minimum absolute atomic E-state index is 0.0831. The van der Waals surface area contributed by atoms with Crippen molar-refractivity contribution in [3.63, 3.8) is 0 Å². The highest BCUT2D eigenvalue weighted by Crippen LogP contribution is 2.45. The van der Waals surface area contributed by atoms with Crippen molar-refractivity contribution in [3.05, 3.63) is 35.9 Å². The maximum Gasteiger partial charge on any atom is 0.256 e. The molecule has 1 aliphatic heterocycles. The Balaban J connectivity index is 1.59. The summed E-state index contributed by atoms with van der Waals surface area (Å²) in [6, 6.07) is 8.04. The third-order valence-corrected chi connectivity index (χ3v) is 5.44. The van der Waals surface area contributed by atoms with E-state index in [9.17, 15) is 4.79 Å². The highest BCUT2D eigenvalue weighted by atomic mass is 16.2. The average Bonchev–Trinajstić information content (AvgIpc) is 3.04. The van der Waals surface area contributed by atoms with E-state index >= 15 is 0 Å². The lowest BCUT2D eigenvalue weighted by molar-refractivity contribution is -0.110. The van der Waals surface area contributed by atoms with E-state index < -0.39 is 0 Å². The van der Waals surface area contributed by atoms with Gasteiger partial charge in [0.1, 0.15) is 0 Å². The van der Waals surface area contributed by atoms with Crippen molar-refractivity contribution in [3.8, 4) is 0 Å². The van der Waals surface area contributed by atoms with Crippen LogP contribution in [0.25, 0.3) is 5.57 Å². The Morgan fingerprint density at radius 2 is 1.90 bits per heavy atom. The maximum atomic E-state index is 12.2. The number of rotatable bonds is 1. The van der Waals surface area contributed by atoms with Gasteiger partial charge in [0.05, 0.1) is 0 Å². The fourth-order valence-corrected chi connectivity index (χ4v) is 4.43. The van der Waals surface area contributed by atoms with Gasteiger partial charge >= 0.3 is 0 Å². The van der Waals surface area contributed by atoms with Gasteiger partial charge in [0.2, 0.25) is 0 Å². The minimum atomic E-state index is 0.0831. The zero-order valence-electron chi connectivity index (χ0n) is 11.8. The molecular weight excluding hydrogens is 246 g/mol. The molecule has 2 saturated carbocycles. The monoisotopic (exact) mass is 267 g/mol. The number of carbonyl (C=O) groups is 1. The molecule has 1 amide bonds. The van der Waals surface area contributed by atoms with Gasteiger partial charge in [-0.3, -0.25) is 4.79 Å². The normalized spacial score (nSPS) is 33.9. The highest BCUT2D eigenvalue weighted by Gasteiger charge is 2.34. The first kappa shape index (κ1) is 12.2. The van der Waals surface area contributed by atoms with E-state index in [4.69, 9.17) is 0 Å². The van der Waals surface area contributed by atoms with Gasteiger partial charge in [0.25, 0.3) is 5.91 Å². The molecule has 104 valence electrons. The predicted octanol–water partition coefficient (Wildman–Crippen LogP) is 4.24. The number of allylic oxidation sites excluding steroid dienone is 1. The van der Waals surface area contributed by atoms with E-state index in [1.54, 1.807) is 0 Å². The molecule has 1 N–H and O–H groups in total. The molecule has 2 nitrogen and oxygen atoms in total. The first-order chi connectivity index (χ1) is 9.81. The number of carbonyl (C=O) groups excluding carboxylic acids is 1. The Morgan fingerprint density at radius 3 is 2.85 bits per heavy atom. The van der Waals surface area contributed by atoms with Crippen molar-refractivity contribution in [1.29, 1.82) is 0 Å². The minimum Gasteiger partial charge on any atom is -0.321 e. The molecule has 3 aliphatic rings. The zero-order chi connectivity index (χ0) is 13.5. The summed E-state index contributed by atoms with van der Waals surface area (Å²) < 4.78 is 0. The summed E-state index contributed by atoms with van der Waals surface area (Å²) in [6.45, 7) is 0. The molecule has 4 rings (SSSR count). The van der Waals surface area contributed by atoms with Crippen LogP contribution in [-0.4, -0.2) is 5.91 Å². The van der Waals surface area contributed by atoms with Gasteiger partial charge in [-0.2, -0.15) is 0 Å². The molecule has 2 heteroatoms. The van der Waals surface area contributed by atoms with Crippen molar-refractivity contribution >= 4 is 17.2 Å². The number of amides is 1. The van der Waals surface area contributed by atoms with E-state index in [0.29, 0.717) is 5.92 Å². The van der Waals surface area contributed by atoms with Gasteiger partial charge in [-0.1, -0.05) is 43.5 Å². The molecule has 0 spiro atoms. The number of para-hydroxylation sites is 1. The Bertz CT molecular complexity index is 575. The van der Waals surface area contributed by atoms with Crippen LogP contribution in [0.15, 0.2) is 30.3 Å². The Labute approximate surface area is 120 Å². The van der Waals surface area contributed by atoms with Gasteiger partial charge in [-0.15, -0.1) is 0 Å². The Kier molecular flexibility index (Phi) is 2.90. The number of hydrogen-bond donors (Lipinski definition) is 1. The van der Waals surface area contributed by atoms with E-state index in [0.717, 1.165) is 28.7 Å². The van der Waals surface area contributed by atoms with Gasteiger partial charge in [0.15, 0.2) is 0 Å². The zero-order valence-corrected chi connectivity index (χ0v) is 11.8. The van der Waals surface area contributed by atoms with Gasteiger partial charge < -0.3 is 5.32 Å². The van der Waals surface area contributed by atoms with Crippen molar-refractivity contribution in [2.75, 3.05) is 5.32 Å². The molecular formula is C18H21NO. The lowest BCUT2D eigenvalue weighted by Gasteiger charge is -2.30. The van der Waals surface area contributed by atoms with Crippen LogP contribution in [0.2, 0.25) is 0 Å². The SMILES string of the molecule is O=C1Nc2ccccc2/C1=C\C1CCC2CCCC2C1. The quantitative estimate of drug-likeness (QED) is 0.758. The number of benzene rings is 1. The van der Waals surface area contributed by atoms with Crippen LogP contribution in [0.1, 0.15) is 44.1 Å². The molecule has 20 heavy (non-hydrogen) atoms. The topological polar surface area (TPSA) is 29.1 Å².